The van der Waals surface area contributed by atoms with E-state index >= 15 is 0 Å². The minimum atomic E-state index is -0.0491. The molecular weight excluding hydrogens is 208 g/mol. The summed E-state index contributed by atoms with van der Waals surface area (Å²) >= 11 is 6.86. The lowest BCUT2D eigenvalue weighted by atomic mass is 10.2. The van der Waals surface area contributed by atoms with Crippen molar-refractivity contribution >= 4 is 33.0 Å². The highest BCUT2D eigenvalue weighted by Gasteiger charge is 2.11. The van der Waals surface area contributed by atoms with Crippen LogP contribution < -0.4 is 0 Å². The van der Waals surface area contributed by atoms with Gasteiger partial charge in [0.25, 0.3) is 0 Å². The van der Waals surface area contributed by atoms with Crippen molar-refractivity contribution in [3.8, 4) is 10.8 Å². The summed E-state index contributed by atoms with van der Waals surface area (Å²) < 4.78 is 0.854. The van der Waals surface area contributed by atoms with Crippen LogP contribution in [0, 0.1) is 0 Å². The minimum Gasteiger partial charge on any atom is -0.503 e. The quantitative estimate of drug-likeness (QED) is 0.717. The summed E-state index contributed by atoms with van der Waals surface area (Å²) in [6.07, 6.45) is 0. The van der Waals surface area contributed by atoms with Gasteiger partial charge in [0, 0.05) is 16.0 Å². The van der Waals surface area contributed by atoms with Crippen LogP contribution in [0.15, 0.2) is 18.2 Å². The fourth-order valence-corrected chi connectivity index (χ4v) is 2.51. The summed E-state index contributed by atoms with van der Waals surface area (Å²) in [5, 5.41) is 19.3. The van der Waals surface area contributed by atoms with Crippen molar-refractivity contribution in [2.24, 2.45) is 0 Å². The van der Waals surface area contributed by atoms with Crippen LogP contribution in [0.25, 0.3) is 10.1 Å². The van der Waals surface area contributed by atoms with E-state index in [9.17, 15) is 10.2 Å². The maximum Gasteiger partial charge on any atom is 0.215 e. The molecule has 68 valence electrons. The van der Waals surface area contributed by atoms with Crippen LogP contribution in [0.1, 0.15) is 5.56 Å². The Morgan fingerprint density at radius 1 is 1.31 bits per heavy atom. The lowest BCUT2D eigenvalue weighted by Crippen LogP contribution is -1.75. The molecule has 0 amide bonds. The first kappa shape index (κ1) is 8.66. The van der Waals surface area contributed by atoms with Gasteiger partial charge in [0.1, 0.15) is 0 Å². The van der Waals surface area contributed by atoms with Crippen molar-refractivity contribution in [3.63, 3.8) is 0 Å². The molecule has 1 heterocycles. The van der Waals surface area contributed by atoms with Gasteiger partial charge in [0.15, 0.2) is 5.75 Å². The van der Waals surface area contributed by atoms with Gasteiger partial charge >= 0.3 is 0 Å². The Kier molecular flexibility index (Phi) is 2.06. The maximum absolute atomic E-state index is 9.44. The first-order valence-electron chi connectivity index (χ1n) is 3.72. The lowest BCUT2D eigenvalue weighted by molar-refractivity contribution is 0.419. The molecule has 0 fully saturated rings. The zero-order chi connectivity index (χ0) is 9.42. The van der Waals surface area contributed by atoms with Gasteiger partial charge in [-0.3, -0.25) is 0 Å². The minimum absolute atomic E-state index is 0.0485. The van der Waals surface area contributed by atoms with Gasteiger partial charge in [0.05, 0.1) is 0 Å². The molecular formula is C9H7ClO2S. The normalized spacial score (nSPS) is 10.8. The van der Waals surface area contributed by atoms with E-state index in [0.717, 1.165) is 21.6 Å². The average Bonchev–Trinajstić information content (AvgIpc) is 2.43. The zero-order valence-corrected chi connectivity index (χ0v) is 8.19. The molecule has 0 radical (unpaired) electrons. The average molecular weight is 215 g/mol. The van der Waals surface area contributed by atoms with Crippen molar-refractivity contribution < 1.29 is 10.2 Å². The van der Waals surface area contributed by atoms with E-state index in [4.69, 9.17) is 11.6 Å². The van der Waals surface area contributed by atoms with Crippen LogP contribution in [0.5, 0.6) is 10.8 Å². The topological polar surface area (TPSA) is 40.5 Å². The van der Waals surface area contributed by atoms with Crippen LogP contribution >= 0.6 is 22.9 Å². The highest BCUT2D eigenvalue weighted by molar-refractivity contribution is 7.21. The van der Waals surface area contributed by atoms with Gasteiger partial charge in [-0.2, -0.15) is 0 Å². The van der Waals surface area contributed by atoms with E-state index in [-0.39, 0.29) is 10.8 Å². The molecule has 0 saturated heterocycles. The van der Waals surface area contributed by atoms with Gasteiger partial charge in [0.2, 0.25) is 5.06 Å². The number of hydrogen-bond acceptors (Lipinski definition) is 3. The third-order valence-electron chi connectivity index (χ3n) is 1.90. The second-order valence-corrected chi connectivity index (χ2v) is 3.95. The number of rotatable bonds is 1. The molecule has 2 rings (SSSR count). The number of halogens is 1. The Hall–Kier alpha value is -0.930. The van der Waals surface area contributed by atoms with Crippen molar-refractivity contribution in [2.45, 2.75) is 5.88 Å². The highest BCUT2D eigenvalue weighted by atomic mass is 35.5. The van der Waals surface area contributed by atoms with E-state index in [0.29, 0.717) is 11.3 Å². The molecule has 0 aliphatic heterocycles. The monoisotopic (exact) mass is 214 g/mol. The predicted molar refractivity (Wildman–Crippen MR) is 54.7 cm³/mol. The van der Waals surface area contributed by atoms with E-state index < -0.39 is 0 Å². The Bertz CT molecular complexity index is 450. The van der Waals surface area contributed by atoms with Crippen molar-refractivity contribution in [2.75, 3.05) is 0 Å². The van der Waals surface area contributed by atoms with Crippen molar-refractivity contribution in [1.82, 2.24) is 0 Å². The fraction of sp³-hybridized carbons (Fsp3) is 0.111. The smallest absolute Gasteiger partial charge is 0.215 e. The SMILES string of the molecule is Oc1sc2c(CCl)cccc2c1O. The Morgan fingerprint density at radius 2 is 2.08 bits per heavy atom. The highest BCUT2D eigenvalue weighted by Crippen LogP contribution is 2.43. The first-order chi connectivity index (χ1) is 6.24. The fourth-order valence-electron chi connectivity index (χ4n) is 1.26. The molecule has 0 bridgehead atoms. The molecule has 2 N–H and O–H groups in total. The standard InChI is InChI=1S/C9H7ClO2S/c10-4-5-2-1-3-6-7(11)9(12)13-8(5)6/h1-3,11-12H,4H2. The van der Waals surface area contributed by atoms with Gasteiger partial charge in [-0.15, -0.1) is 11.6 Å². The number of aromatic hydroxyl groups is 2. The van der Waals surface area contributed by atoms with Crippen LogP contribution in [0.3, 0.4) is 0 Å². The molecule has 2 nitrogen and oxygen atoms in total. The van der Waals surface area contributed by atoms with Crippen LogP contribution in [-0.2, 0) is 5.88 Å². The lowest BCUT2D eigenvalue weighted by Gasteiger charge is -1.95. The second kappa shape index (κ2) is 3.09. The third-order valence-corrected chi connectivity index (χ3v) is 3.26. The molecule has 0 aliphatic rings. The third kappa shape index (κ3) is 1.24. The number of alkyl halides is 1. The molecule has 4 heteroatoms. The van der Waals surface area contributed by atoms with E-state index in [1.807, 2.05) is 12.1 Å². The van der Waals surface area contributed by atoms with Crippen molar-refractivity contribution in [1.29, 1.82) is 0 Å². The number of hydrogen-bond donors (Lipinski definition) is 2. The summed E-state index contributed by atoms with van der Waals surface area (Å²) in [4.78, 5) is 0. The first-order valence-corrected chi connectivity index (χ1v) is 5.07. The molecule has 0 aliphatic carbocycles. The maximum atomic E-state index is 9.44. The molecule has 0 unspecified atom stereocenters. The zero-order valence-electron chi connectivity index (χ0n) is 6.62. The number of benzene rings is 1. The van der Waals surface area contributed by atoms with Crippen LogP contribution in [0.2, 0.25) is 0 Å². The predicted octanol–water partition coefficient (Wildman–Crippen LogP) is 3.05. The van der Waals surface area contributed by atoms with Crippen LogP contribution in [-0.4, -0.2) is 10.2 Å². The Morgan fingerprint density at radius 3 is 2.77 bits per heavy atom. The number of fused-ring (bicyclic) bond motifs is 1. The van der Waals surface area contributed by atoms with Crippen molar-refractivity contribution in [3.05, 3.63) is 23.8 Å². The van der Waals surface area contributed by atoms with E-state index in [1.165, 1.54) is 0 Å². The van der Waals surface area contributed by atoms with Gasteiger partial charge in [-0.1, -0.05) is 23.5 Å². The molecule has 0 atom stereocenters. The van der Waals surface area contributed by atoms with Gasteiger partial charge in [-0.25, -0.2) is 0 Å². The van der Waals surface area contributed by atoms with Crippen LogP contribution in [0.4, 0.5) is 0 Å². The Balaban J connectivity index is 2.84. The summed E-state index contributed by atoms with van der Waals surface area (Å²) in [5.41, 5.74) is 0.930. The molecule has 13 heavy (non-hydrogen) atoms. The Labute approximate surface area is 84.0 Å². The molecule has 1 aromatic heterocycles. The van der Waals surface area contributed by atoms with Gasteiger partial charge in [-0.05, 0) is 11.6 Å². The summed E-state index contributed by atoms with van der Waals surface area (Å²) in [7, 11) is 0. The van der Waals surface area contributed by atoms with Gasteiger partial charge < -0.3 is 10.2 Å². The van der Waals surface area contributed by atoms with E-state index in [1.54, 1.807) is 6.07 Å². The second-order valence-electron chi connectivity index (χ2n) is 2.68. The summed E-state index contributed by atoms with van der Waals surface area (Å²) in [5.74, 6) is 0.337. The molecule has 2 aromatic rings. The summed E-state index contributed by atoms with van der Waals surface area (Å²) in [6, 6.07) is 5.45. The molecule has 0 saturated carbocycles. The molecule has 1 aromatic carbocycles. The largest absolute Gasteiger partial charge is 0.503 e. The van der Waals surface area contributed by atoms with E-state index in [2.05, 4.69) is 0 Å². The summed E-state index contributed by atoms with van der Waals surface area (Å²) in [6.45, 7) is 0. The molecule has 0 spiro atoms. The number of thiophene rings is 1.